The first-order valence-electron chi connectivity index (χ1n) is 6.21. The number of benzene rings is 1. The Kier molecular flexibility index (Phi) is 4.94. The van der Waals surface area contributed by atoms with Gasteiger partial charge in [0.2, 0.25) is 0 Å². The third kappa shape index (κ3) is 3.82. The molecule has 0 saturated heterocycles. The highest BCUT2D eigenvalue weighted by molar-refractivity contribution is 7.05. The molecule has 0 bridgehead atoms. The molecule has 0 amide bonds. The molecular formula is C13H17N5O2S. The molecule has 0 unspecified atom stereocenters. The first-order chi connectivity index (χ1) is 10.1. The van der Waals surface area contributed by atoms with Crippen molar-refractivity contribution in [1.82, 2.24) is 9.59 Å². The lowest BCUT2D eigenvalue weighted by molar-refractivity contribution is 0.405. The smallest absolute Gasteiger partial charge is 0.193 e. The van der Waals surface area contributed by atoms with Gasteiger partial charge in [0.1, 0.15) is 11.5 Å². The maximum absolute atomic E-state index is 5.89. The van der Waals surface area contributed by atoms with Crippen LogP contribution in [-0.4, -0.2) is 29.8 Å². The molecule has 0 fully saturated rings. The van der Waals surface area contributed by atoms with Crippen molar-refractivity contribution in [2.24, 2.45) is 10.7 Å². The number of aromatic nitrogens is 2. The lowest BCUT2D eigenvalue weighted by Gasteiger charge is -2.12. The molecule has 0 saturated carbocycles. The molecule has 2 aromatic rings. The summed E-state index contributed by atoms with van der Waals surface area (Å²) in [5, 5.41) is 6.93. The standard InChI is InChI=1S/C13H17N5O2S/c1-8-12(21-18-17-8)7-15-13(14)16-10-6-9(19-2)4-5-11(10)20-3/h4-6H,7H2,1-3H3,(H3,14,15,16). The topological polar surface area (TPSA) is 94.7 Å². The van der Waals surface area contributed by atoms with Crippen LogP contribution in [-0.2, 0) is 6.54 Å². The molecule has 7 nitrogen and oxygen atoms in total. The zero-order valence-corrected chi connectivity index (χ0v) is 12.9. The first kappa shape index (κ1) is 15.0. The van der Waals surface area contributed by atoms with E-state index in [2.05, 4.69) is 19.9 Å². The molecule has 0 radical (unpaired) electrons. The summed E-state index contributed by atoms with van der Waals surface area (Å²) in [4.78, 5) is 5.25. The zero-order valence-electron chi connectivity index (χ0n) is 12.1. The van der Waals surface area contributed by atoms with Crippen LogP contribution < -0.4 is 20.5 Å². The molecule has 8 heteroatoms. The number of ether oxygens (including phenoxy) is 2. The Morgan fingerprint density at radius 2 is 2.19 bits per heavy atom. The van der Waals surface area contributed by atoms with E-state index in [1.807, 2.05) is 13.0 Å². The number of guanidine groups is 1. The second-order valence-corrected chi connectivity index (χ2v) is 5.01. The van der Waals surface area contributed by atoms with Gasteiger partial charge in [-0.2, -0.15) is 0 Å². The van der Waals surface area contributed by atoms with Gasteiger partial charge in [-0.05, 0) is 30.6 Å². The highest BCUT2D eigenvalue weighted by Crippen LogP contribution is 2.28. The molecule has 3 N–H and O–H groups in total. The van der Waals surface area contributed by atoms with E-state index < -0.39 is 0 Å². The van der Waals surface area contributed by atoms with Gasteiger partial charge in [0.25, 0.3) is 0 Å². The summed E-state index contributed by atoms with van der Waals surface area (Å²) in [7, 11) is 3.19. The average molecular weight is 307 g/mol. The number of nitrogens with one attached hydrogen (secondary N) is 1. The lowest BCUT2D eigenvalue weighted by atomic mass is 10.2. The van der Waals surface area contributed by atoms with Gasteiger partial charge in [-0.1, -0.05) is 4.49 Å². The number of methoxy groups -OCH3 is 2. The summed E-state index contributed by atoms with van der Waals surface area (Å²) < 4.78 is 14.3. The minimum atomic E-state index is 0.286. The Morgan fingerprint density at radius 3 is 2.81 bits per heavy atom. The normalized spacial score (nSPS) is 11.3. The van der Waals surface area contributed by atoms with E-state index in [0.29, 0.717) is 23.7 Å². The number of hydrogen-bond acceptors (Lipinski definition) is 6. The van der Waals surface area contributed by atoms with Gasteiger partial charge in [0.15, 0.2) is 5.96 Å². The van der Waals surface area contributed by atoms with Crippen molar-refractivity contribution in [3.05, 3.63) is 28.8 Å². The van der Waals surface area contributed by atoms with E-state index >= 15 is 0 Å². The fraction of sp³-hybridized carbons (Fsp3) is 0.308. The molecule has 1 aromatic carbocycles. The van der Waals surface area contributed by atoms with Crippen molar-refractivity contribution in [3.63, 3.8) is 0 Å². The van der Waals surface area contributed by atoms with Crippen molar-refractivity contribution in [2.75, 3.05) is 19.5 Å². The van der Waals surface area contributed by atoms with Crippen molar-refractivity contribution in [3.8, 4) is 11.5 Å². The number of hydrogen-bond donors (Lipinski definition) is 2. The molecule has 0 aliphatic carbocycles. The highest BCUT2D eigenvalue weighted by atomic mass is 32.1. The van der Waals surface area contributed by atoms with E-state index in [4.69, 9.17) is 15.2 Å². The van der Waals surface area contributed by atoms with E-state index in [9.17, 15) is 0 Å². The van der Waals surface area contributed by atoms with Crippen molar-refractivity contribution in [2.45, 2.75) is 13.5 Å². The quantitative estimate of drug-likeness (QED) is 0.646. The summed E-state index contributed by atoms with van der Waals surface area (Å²) in [6.45, 7) is 2.33. The predicted molar refractivity (Wildman–Crippen MR) is 83.1 cm³/mol. The number of nitrogens with zero attached hydrogens (tertiary/aromatic N) is 3. The fourth-order valence-electron chi connectivity index (χ4n) is 1.64. The monoisotopic (exact) mass is 307 g/mol. The van der Waals surface area contributed by atoms with Gasteiger partial charge in [0, 0.05) is 6.07 Å². The van der Waals surface area contributed by atoms with Crippen molar-refractivity contribution < 1.29 is 9.47 Å². The van der Waals surface area contributed by atoms with E-state index in [0.717, 1.165) is 10.6 Å². The molecular weight excluding hydrogens is 290 g/mol. The zero-order chi connectivity index (χ0) is 15.2. The van der Waals surface area contributed by atoms with Gasteiger partial charge in [-0.25, -0.2) is 4.99 Å². The van der Waals surface area contributed by atoms with Crippen LogP contribution in [0.5, 0.6) is 11.5 Å². The van der Waals surface area contributed by atoms with Crippen LogP contribution in [0.2, 0.25) is 0 Å². The molecule has 0 atom stereocenters. The Hall–Kier alpha value is -2.35. The largest absolute Gasteiger partial charge is 0.497 e. The molecule has 112 valence electrons. The van der Waals surface area contributed by atoms with E-state index in [1.165, 1.54) is 11.5 Å². The number of anilines is 1. The van der Waals surface area contributed by atoms with E-state index in [1.54, 1.807) is 26.4 Å². The molecule has 0 spiro atoms. The van der Waals surface area contributed by atoms with Crippen LogP contribution in [0.25, 0.3) is 0 Å². The van der Waals surface area contributed by atoms with Crippen molar-refractivity contribution in [1.29, 1.82) is 0 Å². The highest BCUT2D eigenvalue weighted by Gasteiger charge is 2.07. The summed E-state index contributed by atoms with van der Waals surface area (Å²) in [5.41, 5.74) is 7.46. The summed E-state index contributed by atoms with van der Waals surface area (Å²) in [5.74, 6) is 1.65. The van der Waals surface area contributed by atoms with Gasteiger partial charge in [-0.3, -0.25) is 0 Å². The molecule has 1 aromatic heterocycles. The van der Waals surface area contributed by atoms with E-state index in [-0.39, 0.29) is 5.96 Å². The minimum absolute atomic E-state index is 0.286. The fourth-order valence-corrected chi connectivity index (χ4v) is 2.20. The number of rotatable bonds is 5. The summed E-state index contributed by atoms with van der Waals surface area (Å²) in [6, 6.07) is 5.40. The van der Waals surface area contributed by atoms with Crippen LogP contribution in [0.1, 0.15) is 10.6 Å². The first-order valence-corrected chi connectivity index (χ1v) is 6.98. The molecule has 0 aliphatic heterocycles. The van der Waals surface area contributed by atoms with Gasteiger partial charge < -0.3 is 20.5 Å². The van der Waals surface area contributed by atoms with Crippen LogP contribution in [0.3, 0.4) is 0 Å². The maximum atomic E-state index is 5.89. The predicted octanol–water partition coefficient (Wildman–Crippen LogP) is 1.79. The van der Waals surface area contributed by atoms with Gasteiger partial charge in [0.05, 0.1) is 37.0 Å². The maximum Gasteiger partial charge on any atom is 0.193 e. The second-order valence-electron chi connectivity index (χ2n) is 4.17. The van der Waals surface area contributed by atoms with Gasteiger partial charge in [-0.15, -0.1) is 5.10 Å². The Labute approximate surface area is 127 Å². The molecule has 1 heterocycles. The summed E-state index contributed by atoms with van der Waals surface area (Å²) >= 11 is 1.32. The number of aryl methyl sites for hydroxylation is 1. The van der Waals surface area contributed by atoms with Crippen LogP contribution in [0.15, 0.2) is 23.2 Å². The Balaban J connectivity index is 2.11. The average Bonchev–Trinajstić information content (AvgIpc) is 2.90. The lowest BCUT2D eigenvalue weighted by Crippen LogP contribution is -2.23. The minimum Gasteiger partial charge on any atom is -0.497 e. The number of aliphatic imine (C=N–C) groups is 1. The van der Waals surface area contributed by atoms with Crippen LogP contribution >= 0.6 is 11.5 Å². The number of nitrogens with two attached hydrogens (primary N) is 1. The van der Waals surface area contributed by atoms with Gasteiger partial charge >= 0.3 is 0 Å². The molecule has 2 rings (SSSR count). The third-order valence-corrected chi connectivity index (χ3v) is 3.62. The molecule has 0 aliphatic rings. The Morgan fingerprint density at radius 1 is 1.38 bits per heavy atom. The Bertz CT molecular complexity index is 641. The molecule has 21 heavy (non-hydrogen) atoms. The van der Waals surface area contributed by atoms with Crippen molar-refractivity contribution >= 4 is 23.2 Å². The second kappa shape index (κ2) is 6.89. The SMILES string of the molecule is COc1ccc(OC)c(NC(N)=NCc2snnc2C)c1. The summed E-state index contributed by atoms with van der Waals surface area (Å²) in [6.07, 6.45) is 0. The third-order valence-electron chi connectivity index (χ3n) is 2.81. The van der Waals surface area contributed by atoms with Crippen LogP contribution in [0.4, 0.5) is 5.69 Å². The van der Waals surface area contributed by atoms with Crippen LogP contribution in [0, 0.1) is 6.92 Å².